The number of hydrogen-bond donors (Lipinski definition) is 1. The molecule has 1 saturated heterocycles. The molecule has 3 nitrogen and oxygen atoms in total. The summed E-state index contributed by atoms with van der Waals surface area (Å²) in [6, 6.07) is 9.25. The Kier molecular flexibility index (Phi) is 3.93. The van der Waals surface area contributed by atoms with Crippen molar-refractivity contribution in [3.63, 3.8) is 0 Å². The van der Waals surface area contributed by atoms with Gasteiger partial charge in [-0.05, 0) is 38.6 Å². The number of para-hydroxylation sites is 1. The van der Waals surface area contributed by atoms with Crippen molar-refractivity contribution < 1.29 is 0 Å². The Hall–Kier alpha value is -1.06. The summed E-state index contributed by atoms with van der Waals surface area (Å²) in [5.74, 6) is 0.695. The van der Waals surface area contributed by atoms with Gasteiger partial charge in [0, 0.05) is 30.9 Å². The molecule has 1 aliphatic rings. The smallest absolute Gasteiger partial charge is 0.0415 e. The predicted octanol–water partition coefficient (Wildman–Crippen LogP) is 2.09. The number of hydrogen-bond acceptors (Lipinski definition) is 3. The Bertz CT molecular complexity index is 400. The number of benzene rings is 1. The van der Waals surface area contributed by atoms with Crippen LogP contribution in [0.3, 0.4) is 0 Å². The van der Waals surface area contributed by atoms with Crippen LogP contribution in [-0.4, -0.2) is 38.1 Å². The fraction of sp³-hybridized carbons (Fsp3) is 0.600. The third kappa shape index (κ3) is 2.52. The molecule has 0 radical (unpaired) electrons. The van der Waals surface area contributed by atoms with Gasteiger partial charge in [0.2, 0.25) is 0 Å². The fourth-order valence-electron chi connectivity index (χ4n) is 2.98. The Labute approximate surface area is 111 Å². The molecule has 2 N–H and O–H groups in total. The van der Waals surface area contributed by atoms with Crippen LogP contribution in [-0.2, 0) is 0 Å². The summed E-state index contributed by atoms with van der Waals surface area (Å²) < 4.78 is 0. The number of rotatable bonds is 3. The second-order valence-corrected chi connectivity index (χ2v) is 5.76. The van der Waals surface area contributed by atoms with Crippen molar-refractivity contribution in [3.8, 4) is 0 Å². The van der Waals surface area contributed by atoms with E-state index in [1.54, 1.807) is 0 Å². The average Bonchev–Trinajstić information content (AvgIpc) is 2.71. The van der Waals surface area contributed by atoms with Gasteiger partial charge in [0.25, 0.3) is 0 Å². The third-order valence-corrected chi connectivity index (χ3v) is 4.00. The summed E-state index contributed by atoms with van der Waals surface area (Å²) in [6.45, 7) is 6.60. The van der Waals surface area contributed by atoms with Gasteiger partial charge in [-0.2, -0.15) is 0 Å². The molecule has 0 saturated carbocycles. The van der Waals surface area contributed by atoms with E-state index in [-0.39, 0.29) is 6.04 Å². The summed E-state index contributed by atoms with van der Waals surface area (Å²) in [4.78, 5) is 4.81. The molecule has 0 bridgehead atoms. The molecule has 1 aromatic carbocycles. The maximum Gasteiger partial charge on any atom is 0.0415 e. The summed E-state index contributed by atoms with van der Waals surface area (Å²) >= 11 is 0. The molecular formula is C15H25N3. The normalized spacial score (nSPS) is 25.8. The number of anilines is 1. The minimum Gasteiger partial charge on any atom is -0.369 e. The van der Waals surface area contributed by atoms with Crippen molar-refractivity contribution in [1.29, 1.82) is 0 Å². The lowest BCUT2D eigenvalue weighted by Crippen LogP contribution is -2.34. The molecule has 0 spiro atoms. The molecule has 2 unspecified atom stereocenters. The van der Waals surface area contributed by atoms with E-state index in [2.05, 4.69) is 62.0 Å². The number of nitrogens with zero attached hydrogens (tertiary/aromatic N) is 2. The first kappa shape index (κ1) is 13.4. The molecular weight excluding hydrogens is 222 g/mol. The predicted molar refractivity (Wildman–Crippen MR) is 77.9 cm³/mol. The van der Waals surface area contributed by atoms with Gasteiger partial charge in [0.15, 0.2) is 0 Å². The van der Waals surface area contributed by atoms with Crippen LogP contribution in [0.1, 0.15) is 25.5 Å². The summed E-state index contributed by atoms with van der Waals surface area (Å²) in [6.07, 6.45) is 0. The zero-order valence-corrected chi connectivity index (χ0v) is 11.9. The van der Waals surface area contributed by atoms with Crippen LogP contribution >= 0.6 is 0 Å². The molecule has 18 heavy (non-hydrogen) atoms. The molecule has 1 heterocycles. The van der Waals surface area contributed by atoms with Crippen LogP contribution in [0.2, 0.25) is 0 Å². The summed E-state index contributed by atoms with van der Waals surface area (Å²) in [5.41, 5.74) is 8.64. The molecule has 0 amide bonds. The standard InChI is InChI=1S/C15H25N3/c1-11-9-18(10-15(11)17(3)4)14-8-6-5-7-13(14)12(2)16/h5-8,11-12,15H,9-10,16H2,1-4H3/t11?,12-,15?/m1/s1. The molecule has 0 aliphatic carbocycles. The van der Waals surface area contributed by atoms with Crippen molar-refractivity contribution >= 4 is 5.69 Å². The van der Waals surface area contributed by atoms with E-state index in [9.17, 15) is 0 Å². The lowest BCUT2D eigenvalue weighted by atomic mass is 10.1. The highest BCUT2D eigenvalue weighted by molar-refractivity contribution is 5.56. The topological polar surface area (TPSA) is 32.5 Å². The van der Waals surface area contributed by atoms with E-state index in [1.807, 2.05) is 0 Å². The SMILES string of the molecule is CC1CN(c2ccccc2[C@@H](C)N)CC1N(C)C. The van der Waals surface area contributed by atoms with Crippen LogP contribution in [0.25, 0.3) is 0 Å². The first-order valence-corrected chi connectivity index (χ1v) is 6.76. The van der Waals surface area contributed by atoms with Gasteiger partial charge >= 0.3 is 0 Å². The summed E-state index contributed by atoms with van der Waals surface area (Å²) in [5, 5.41) is 0. The Morgan fingerprint density at radius 3 is 2.50 bits per heavy atom. The van der Waals surface area contributed by atoms with Crippen LogP contribution in [0.5, 0.6) is 0 Å². The van der Waals surface area contributed by atoms with Crippen LogP contribution in [0, 0.1) is 5.92 Å². The lowest BCUT2D eigenvalue weighted by Gasteiger charge is -2.25. The highest BCUT2D eigenvalue weighted by Gasteiger charge is 2.31. The highest BCUT2D eigenvalue weighted by atomic mass is 15.2. The quantitative estimate of drug-likeness (QED) is 0.888. The van der Waals surface area contributed by atoms with E-state index in [0.29, 0.717) is 12.0 Å². The van der Waals surface area contributed by atoms with Crippen LogP contribution in [0.15, 0.2) is 24.3 Å². The van der Waals surface area contributed by atoms with Crippen molar-refractivity contribution in [3.05, 3.63) is 29.8 Å². The average molecular weight is 247 g/mol. The molecule has 1 aromatic rings. The Morgan fingerprint density at radius 1 is 1.28 bits per heavy atom. The van der Waals surface area contributed by atoms with Gasteiger partial charge in [-0.1, -0.05) is 25.1 Å². The molecule has 0 aromatic heterocycles. The van der Waals surface area contributed by atoms with Gasteiger partial charge in [-0.3, -0.25) is 0 Å². The van der Waals surface area contributed by atoms with Crippen molar-refractivity contribution in [2.75, 3.05) is 32.1 Å². The Morgan fingerprint density at radius 2 is 1.94 bits per heavy atom. The maximum absolute atomic E-state index is 6.07. The highest BCUT2D eigenvalue weighted by Crippen LogP contribution is 2.30. The molecule has 3 heteroatoms. The van der Waals surface area contributed by atoms with E-state index < -0.39 is 0 Å². The van der Waals surface area contributed by atoms with Crippen molar-refractivity contribution in [1.82, 2.24) is 4.90 Å². The number of likely N-dealkylation sites (N-methyl/N-ethyl adjacent to an activating group) is 1. The zero-order chi connectivity index (χ0) is 13.3. The van der Waals surface area contributed by atoms with E-state index in [1.165, 1.54) is 11.3 Å². The van der Waals surface area contributed by atoms with Crippen molar-refractivity contribution in [2.24, 2.45) is 11.7 Å². The van der Waals surface area contributed by atoms with E-state index in [0.717, 1.165) is 13.1 Å². The van der Waals surface area contributed by atoms with E-state index >= 15 is 0 Å². The van der Waals surface area contributed by atoms with Gasteiger partial charge in [0.05, 0.1) is 0 Å². The second kappa shape index (κ2) is 5.29. The largest absolute Gasteiger partial charge is 0.369 e. The van der Waals surface area contributed by atoms with Gasteiger partial charge in [-0.15, -0.1) is 0 Å². The Balaban J connectivity index is 2.24. The molecule has 3 atom stereocenters. The first-order valence-electron chi connectivity index (χ1n) is 6.76. The first-order chi connectivity index (χ1) is 8.50. The number of nitrogens with two attached hydrogens (primary N) is 1. The monoisotopic (exact) mass is 247 g/mol. The summed E-state index contributed by atoms with van der Waals surface area (Å²) in [7, 11) is 4.34. The van der Waals surface area contributed by atoms with Crippen LogP contribution in [0.4, 0.5) is 5.69 Å². The minimum absolute atomic E-state index is 0.0925. The second-order valence-electron chi connectivity index (χ2n) is 5.76. The zero-order valence-electron chi connectivity index (χ0n) is 11.9. The van der Waals surface area contributed by atoms with Gasteiger partial charge in [0.1, 0.15) is 0 Å². The molecule has 2 rings (SSSR count). The van der Waals surface area contributed by atoms with Gasteiger partial charge < -0.3 is 15.5 Å². The lowest BCUT2D eigenvalue weighted by molar-refractivity contribution is 0.266. The maximum atomic E-state index is 6.07. The molecule has 1 aliphatic heterocycles. The molecule has 100 valence electrons. The third-order valence-electron chi connectivity index (χ3n) is 4.00. The minimum atomic E-state index is 0.0925. The van der Waals surface area contributed by atoms with Gasteiger partial charge in [-0.25, -0.2) is 0 Å². The van der Waals surface area contributed by atoms with Crippen molar-refractivity contribution in [2.45, 2.75) is 25.9 Å². The van der Waals surface area contributed by atoms with Crippen LogP contribution < -0.4 is 10.6 Å². The fourth-order valence-corrected chi connectivity index (χ4v) is 2.98. The van der Waals surface area contributed by atoms with E-state index in [4.69, 9.17) is 5.73 Å². The molecule has 1 fully saturated rings.